The summed E-state index contributed by atoms with van der Waals surface area (Å²) in [6.45, 7) is 2.05. The first-order valence-electron chi connectivity index (χ1n) is 6.27. The number of hydrogen-bond donors (Lipinski definition) is 2. The third kappa shape index (κ3) is 2.98. The molecule has 2 N–H and O–H groups in total. The molecule has 98 valence electrons. The highest BCUT2D eigenvalue weighted by atomic mass is 16.4. The molecule has 0 spiro atoms. The van der Waals surface area contributed by atoms with E-state index in [9.17, 15) is 4.79 Å². The van der Waals surface area contributed by atoms with E-state index in [1.807, 2.05) is 6.07 Å². The van der Waals surface area contributed by atoms with Crippen LogP contribution in [-0.4, -0.2) is 40.9 Å². The van der Waals surface area contributed by atoms with Crippen LogP contribution in [-0.2, 0) is 0 Å². The number of aromatic carboxylic acids is 1. The van der Waals surface area contributed by atoms with Crippen molar-refractivity contribution < 1.29 is 15.0 Å². The quantitative estimate of drug-likeness (QED) is 0.825. The van der Waals surface area contributed by atoms with E-state index in [1.165, 1.54) is 6.07 Å². The van der Waals surface area contributed by atoms with Crippen molar-refractivity contribution >= 4 is 11.8 Å². The highest BCUT2D eigenvalue weighted by molar-refractivity contribution is 5.85. The second kappa shape index (κ2) is 5.82. The third-order valence-electron chi connectivity index (χ3n) is 3.33. The molecule has 18 heavy (non-hydrogen) atoms. The van der Waals surface area contributed by atoms with Crippen LogP contribution in [0.1, 0.15) is 29.8 Å². The van der Waals surface area contributed by atoms with Crippen molar-refractivity contribution in [3.05, 3.63) is 23.9 Å². The topological polar surface area (TPSA) is 73.7 Å². The maximum absolute atomic E-state index is 10.9. The van der Waals surface area contributed by atoms with Gasteiger partial charge in [-0.15, -0.1) is 0 Å². The fraction of sp³-hybridized carbons (Fsp3) is 0.538. The monoisotopic (exact) mass is 250 g/mol. The van der Waals surface area contributed by atoms with Crippen molar-refractivity contribution in [2.75, 3.05) is 24.6 Å². The average molecular weight is 250 g/mol. The third-order valence-corrected chi connectivity index (χ3v) is 3.33. The van der Waals surface area contributed by atoms with Crippen LogP contribution in [0.5, 0.6) is 0 Å². The fourth-order valence-corrected chi connectivity index (χ4v) is 2.37. The van der Waals surface area contributed by atoms with Gasteiger partial charge in [0.2, 0.25) is 0 Å². The lowest BCUT2D eigenvalue weighted by Gasteiger charge is -2.17. The van der Waals surface area contributed by atoms with Crippen molar-refractivity contribution in [2.45, 2.75) is 19.3 Å². The predicted molar refractivity (Wildman–Crippen MR) is 67.8 cm³/mol. The van der Waals surface area contributed by atoms with Gasteiger partial charge in [-0.3, -0.25) is 0 Å². The summed E-state index contributed by atoms with van der Waals surface area (Å²) in [4.78, 5) is 17.1. The molecule has 2 heterocycles. The van der Waals surface area contributed by atoms with Crippen LogP contribution in [0.4, 0.5) is 5.82 Å². The maximum Gasteiger partial charge on any atom is 0.354 e. The molecule has 0 radical (unpaired) electrons. The summed E-state index contributed by atoms with van der Waals surface area (Å²) in [5.41, 5.74) is 0.0892. The summed E-state index contributed by atoms with van der Waals surface area (Å²) in [7, 11) is 0. The average Bonchev–Trinajstić information content (AvgIpc) is 2.85. The minimum absolute atomic E-state index is 0.0892. The lowest BCUT2D eigenvalue weighted by molar-refractivity contribution is 0.0690. The molecule has 1 aromatic rings. The summed E-state index contributed by atoms with van der Waals surface area (Å²) in [5.74, 6) is 0.321. The summed E-state index contributed by atoms with van der Waals surface area (Å²) in [6, 6.07) is 5.08. The van der Waals surface area contributed by atoms with Crippen molar-refractivity contribution in [1.29, 1.82) is 0 Å². The number of hydrogen-bond acceptors (Lipinski definition) is 4. The first-order chi connectivity index (χ1) is 8.70. The van der Waals surface area contributed by atoms with Gasteiger partial charge in [-0.25, -0.2) is 9.78 Å². The van der Waals surface area contributed by atoms with Crippen LogP contribution in [0.2, 0.25) is 0 Å². The van der Waals surface area contributed by atoms with Crippen molar-refractivity contribution in [2.24, 2.45) is 5.92 Å². The number of carboxylic acids is 1. The Bertz CT molecular complexity index is 422. The summed E-state index contributed by atoms with van der Waals surface area (Å²) >= 11 is 0. The molecule has 5 heteroatoms. The molecule has 1 unspecified atom stereocenters. The molecule has 0 aromatic carbocycles. The van der Waals surface area contributed by atoms with Gasteiger partial charge in [-0.1, -0.05) is 6.07 Å². The number of pyridine rings is 1. The number of carbonyl (C=O) groups is 1. The number of aliphatic hydroxyl groups is 1. The molecule has 1 aromatic heterocycles. The maximum atomic E-state index is 10.9. The van der Waals surface area contributed by atoms with E-state index in [0.717, 1.165) is 38.2 Å². The molecule has 0 bridgehead atoms. The molecule has 1 aliphatic rings. The van der Waals surface area contributed by atoms with Crippen molar-refractivity contribution in [3.8, 4) is 0 Å². The van der Waals surface area contributed by atoms with Gasteiger partial charge in [-0.2, -0.15) is 0 Å². The van der Waals surface area contributed by atoms with Gasteiger partial charge >= 0.3 is 5.97 Å². The van der Waals surface area contributed by atoms with Crippen molar-refractivity contribution in [1.82, 2.24) is 4.98 Å². The van der Waals surface area contributed by atoms with E-state index in [-0.39, 0.29) is 12.3 Å². The standard InChI is InChI=1S/C13H18N2O3/c16-8-2-3-10-6-7-15(9-10)12-5-1-4-11(14-12)13(17)18/h1,4-5,10,16H,2-3,6-9H2,(H,17,18). The van der Waals surface area contributed by atoms with E-state index in [1.54, 1.807) is 6.07 Å². The molecule has 0 aliphatic carbocycles. The van der Waals surface area contributed by atoms with Gasteiger partial charge in [-0.05, 0) is 37.3 Å². The smallest absolute Gasteiger partial charge is 0.354 e. The second-order valence-corrected chi connectivity index (χ2v) is 4.65. The number of rotatable bonds is 5. The first kappa shape index (κ1) is 12.8. The SMILES string of the molecule is O=C(O)c1cccc(N2CCC(CCCO)C2)n1. The fourth-order valence-electron chi connectivity index (χ4n) is 2.37. The molecule has 1 atom stereocenters. The van der Waals surface area contributed by atoms with E-state index in [4.69, 9.17) is 10.2 Å². The molecule has 0 saturated carbocycles. The summed E-state index contributed by atoms with van der Waals surface area (Å²) in [5, 5.41) is 17.7. The molecular formula is C13H18N2O3. The molecule has 1 fully saturated rings. The minimum atomic E-state index is -0.993. The Hall–Kier alpha value is -1.62. The van der Waals surface area contributed by atoms with Crippen LogP contribution in [0.25, 0.3) is 0 Å². The number of nitrogens with zero attached hydrogens (tertiary/aromatic N) is 2. The lowest BCUT2D eigenvalue weighted by Crippen LogP contribution is -2.21. The molecule has 5 nitrogen and oxygen atoms in total. The van der Waals surface area contributed by atoms with Gasteiger partial charge in [0.25, 0.3) is 0 Å². The van der Waals surface area contributed by atoms with Gasteiger partial charge in [0.15, 0.2) is 5.69 Å². The zero-order valence-corrected chi connectivity index (χ0v) is 10.2. The highest BCUT2D eigenvalue weighted by Gasteiger charge is 2.23. The van der Waals surface area contributed by atoms with Crippen LogP contribution in [0.3, 0.4) is 0 Å². The zero-order chi connectivity index (χ0) is 13.0. The van der Waals surface area contributed by atoms with Crippen molar-refractivity contribution in [3.63, 3.8) is 0 Å². The van der Waals surface area contributed by atoms with Crippen LogP contribution < -0.4 is 4.90 Å². The first-order valence-corrected chi connectivity index (χ1v) is 6.27. The Kier molecular flexibility index (Phi) is 4.15. The largest absolute Gasteiger partial charge is 0.477 e. The zero-order valence-electron chi connectivity index (χ0n) is 10.2. The molecule has 0 amide bonds. The number of carboxylic acid groups (broad SMARTS) is 1. The van der Waals surface area contributed by atoms with Gasteiger partial charge < -0.3 is 15.1 Å². The Labute approximate surface area is 106 Å². The van der Waals surface area contributed by atoms with E-state index in [0.29, 0.717) is 5.92 Å². The Balaban J connectivity index is 2.00. The number of aliphatic hydroxyl groups excluding tert-OH is 1. The van der Waals surface area contributed by atoms with Crippen LogP contribution in [0.15, 0.2) is 18.2 Å². The van der Waals surface area contributed by atoms with Crippen LogP contribution >= 0.6 is 0 Å². The van der Waals surface area contributed by atoms with Gasteiger partial charge in [0.1, 0.15) is 5.82 Å². The summed E-state index contributed by atoms with van der Waals surface area (Å²) < 4.78 is 0. The van der Waals surface area contributed by atoms with Crippen LogP contribution in [0, 0.1) is 5.92 Å². The Morgan fingerprint density at radius 3 is 3.06 bits per heavy atom. The van der Waals surface area contributed by atoms with E-state index >= 15 is 0 Å². The Morgan fingerprint density at radius 2 is 2.33 bits per heavy atom. The molecule has 1 aliphatic heterocycles. The molecule has 1 saturated heterocycles. The van der Waals surface area contributed by atoms with E-state index in [2.05, 4.69) is 9.88 Å². The summed E-state index contributed by atoms with van der Waals surface area (Å²) in [6.07, 6.45) is 2.94. The molecular weight excluding hydrogens is 232 g/mol. The highest BCUT2D eigenvalue weighted by Crippen LogP contribution is 2.25. The number of anilines is 1. The van der Waals surface area contributed by atoms with Gasteiger partial charge in [0.05, 0.1) is 0 Å². The Morgan fingerprint density at radius 1 is 1.50 bits per heavy atom. The predicted octanol–water partition coefficient (Wildman–Crippen LogP) is 1.38. The van der Waals surface area contributed by atoms with Gasteiger partial charge in [0, 0.05) is 19.7 Å². The normalized spacial score (nSPS) is 19.2. The minimum Gasteiger partial charge on any atom is -0.477 e. The lowest BCUT2D eigenvalue weighted by atomic mass is 10.0. The second-order valence-electron chi connectivity index (χ2n) is 4.65. The number of aromatic nitrogens is 1. The van der Waals surface area contributed by atoms with E-state index < -0.39 is 5.97 Å². The molecule has 2 rings (SSSR count).